The van der Waals surface area contributed by atoms with E-state index in [-0.39, 0.29) is 5.82 Å². The number of halogens is 1. The van der Waals surface area contributed by atoms with Gasteiger partial charge < -0.3 is 9.32 Å². The third-order valence-corrected chi connectivity index (χ3v) is 5.06. The number of rotatable bonds is 5. The maximum atomic E-state index is 13.2. The first-order chi connectivity index (χ1) is 14.1. The largest absolute Gasteiger partial charge is 0.463 e. The Kier molecular flexibility index (Phi) is 5.39. The van der Waals surface area contributed by atoms with E-state index in [9.17, 15) is 4.39 Å². The Morgan fingerprint density at radius 3 is 2.45 bits per heavy atom. The summed E-state index contributed by atoms with van der Waals surface area (Å²) in [4.78, 5) is 7.32. The van der Waals surface area contributed by atoms with Gasteiger partial charge in [-0.25, -0.2) is 14.1 Å². The second kappa shape index (κ2) is 8.28. The number of anilines is 1. The minimum absolute atomic E-state index is 0.293. The summed E-state index contributed by atoms with van der Waals surface area (Å²) in [5.41, 5.74) is 3.53. The van der Waals surface area contributed by atoms with E-state index in [4.69, 9.17) is 4.42 Å². The number of aromatic nitrogens is 1. The highest BCUT2D eigenvalue weighted by Gasteiger charge is 2.10. The highest BCUT2D eigenvalue weighted by molar-refractivity contribution is 7.07. The quantitative estimate of drug-likeness (QED) is 0.431. The van der Waals surface area contributed by atoms with Gasteiger partial charge in [-0.1, -0.05) is 12.1 Å². The zero-order valence-electron chi connectivity index (χ0n) is 16.0. The maximum absolute atomic E-state index is 13.2. The van der Waals surface area contributed by atoms with Crippen molar-refractivity contribution in [3.63, 3.8) is 0 Å². The van der Waals surface area contributed by atoms with Gasteiger partial charge in [0.1, 0.15) is 11.5 Å². The minimum Gasteiger partial charge on any atom is -0.463 e. The average Bonchev–Trinajstić information content (AvgIpc) is 3.38. The van der Waals surface area contributed by atoms with Gasteiger partial charge in [0.25, 0.3) is 0 Å². The predicted octanol–water partition coefficient (Wildman–Crippen LogP) is 5.13. The van der Waals surface area contributed by atoms with Gasteiger partial charge in [-0.15, -0.1) is 11.3 Å². The van der Waals surface area contributed by atoms with Crippen LogP contribution in [0.3, 0.4) is 0 Å². The molecule has 7 heteroatoms. The molecule has 0 fully saturated rings. The predicted molar refractivity (Wildman–Crippen MR) is 115 cm³/mol. The standard InChI is InChI=1S/C22H19FN4OS/c1-26(2)19-11-5-16(6-12-19)14-24-27-20(21-4-3-13-28-21)15-29-22(27)25-18-9-7-17(23)8-10-18/h3-15H,1-2H3. The lowest BCUT2D eigenvalue weighted by Gasteiger charge is -2.11. The molecular formula is C22H19FN4OS. The van der Waals surface area contributed by atoms with E-state index in [2.05, 4.69) is 10.1 Å². The molecule has 0 atom stereocenters. The molecule has 0 spiro atoms. The summed E-state index contributed by atoms with van der Waals surface area (Å²) in [6.45, 7) is 0. The van der Waals surface area contributed by atoms with Gasteiger partial charge in [-0.2, -0.15) is 5.10 Å². The van der Waals surface area contributed by atoms with Crippen molar-refractivity contribution in [3.05, 3.63) is 88.5 Å². The van der Waals surface area contributed by atoms with Crippen molar-refractivity contribution in [2.45, 2.75) is 0 Å². The lowest BCUT2D eigenvalue weighted by Crippen LogP contribution is -2.11. The van der Waals surface area contributed by atoms with Gasteiger partial charge in [0.05, 0.1) is 18.2 Å². The Balaban J connectivity index is 1.75. The molecule has 0 unspecified atom stereocenters. The van der Waals surface area contributed by atoms with E-state index < -0.39 is 0 Å². The molecule has 29 heavy (non-hydrogen) atoms. The zero-order chi connectivity index (χ0) is 20.2. The molecule has 0 aliphatic rings. The molecule has 0 saturated carbocycles. The van der Waals surface area contributed by atoms with Crippen molar-refractivity contribution in [2.24, 2.45) is 10.1 Å². The summed E-state index contributed by atoms with van der Waals surface area (Å²) in [7, 11) is 4.01. The molecule has 4 rings (SSSR count). The number of hydrogen-bond donors (Lipinski definition) is 0. The molecule has 146 valence electrons. The van der Waals surface area contributed by atoms with Crippen molar-refractivity contribution in [3.8, 4) is 11.5 Å². The number of thiazole rings is 1. The van der Waals surface area contributed by atoms with E-state index in [1.165, 1.54) is 23.5 Å². The van der Waals surface area contributed by atoms with Gasteiger partial charge in [0.15, 0.2) is 5.76 Å². The third-order valence-electron chi connectivity index (χ3n) is 4.24. The fourth-order valence-electron chi connectivity index (χ4n) is 2.69. The Bertz CT molecular complexity index is 1170. The SMILES string of the molecule is CN(C)c1ccc(C=Nn2c(-c3ccco3)csc2=Nc2ccc(F)cc2)cc1. The highest BCUT2D eigenvalue weighted by atomic mass is 32.1. The van der Waals surface area contributed by atoms with Gasteiger partial charge in [-0.3, -0.25) is 0 Å². The van der Waals surface area contributed by atoms with E-state index in [0.29, 0.717) is 16.2 Å². The van der Waals surface area contributed by atoms with Crippen LogP contribution in [0.1, 0.15) is 5.56 Å². The van der Waals surface area contributed by atoms with Crippen LogP contribution in [0.25, 0.3) is 11.5 Å². The van der Waals surface area contributed by atoms with E-state index >= 15 is 0 Å². The van der Waals surface area contributed by atoms with Crippen LogP contribution in [-0.4, -0.2) is 25.0 Å². The second-order valence-electron chi connectivity index (χ2n) is 6.51. The molecule has 0 saturated heterocycles. The Hall–Kier alpha value is -3.45. The molecule has 0 N–H and O–H groups in total. The van der Waals surface area contributed by atoms with Gasteiger partial charge >= 0.3 is 0 Å². The summed E-state index contributed by atoms with van der Waals surface area (Å²) < 4.78 is 20.5. The first kappa shape index (κ1) is 18.9. The van der Waals surface area contributed by atoms with Crippen LogP contribution >= 0.6 is 11.3 Å². The molecule has 5 nitrogen and oxygen atoms in total. The zero-order valence-corrected chi connectivity index (χ0v) is 16.8. The Morgan fingerprint density at radius 1 is 1.03 bits per heavy atom. The molecule has 2 aromatic heterocycles. The van der Waals surface area contributed by atoms with Crippen LogP contribution in [0.2, 0.25) is 0 Å². The molecule has 2 aromatic carbocycles. The normalized spacial score (nSPS) is 12.0. The summed E-state index contributed by atoms with van der Waals surface area (Å²) in [5, 5.41) is 6.58. The van der Waals surface area contributed by atoms with Crippen LogP contribution in [0.15, 0.2) is 86.8 Å². The van der Waals surface area contributed by atoms with Crippen molar-refractivity contribution < 1.29 is 8.81 Å². The number of hydrogen-bond acceptors (Lipinski definition) is 5. The topological polar surface area (TPSA) is 46.0 Å². The molecular weight excluding hydrogens is 387 g/mol. The number of benzene rings is 2. The molecule has 0 aliphatic heterocycles. The van der Waals surface area contributed by atoms with Gasteiger partial charge in [0, 0.05) is 25.2 Å². The first-order valence-electron chi connectivity index (χ1n) is 8.96. The molecule has 0 bridgehead atoms. The van der Waals surface area contributed by atoms with Gasteiger partial charge in [0.2, 0.25) is 4.80 Å². The number of furan rings is 1. The average molecular weight is 406 g/mol. The number of nitrogens with zero attached hydrogens (tertiary/aromatic N) is 4. The van der Waals surface area contributed by atoms with Crippen molar-refractivity contribution in [1.29, 1.82) is 0 Å². The van der Waals surface area contributed by atoms with Gasteiger partial charge in [-0.05, 0) is 54.1 Å². The fraction of sp³-hybridized carbons (Fsp3) is 0.0909. The van der Waals surface area contributed by atoms with E-state index in [0.717, 1.165) is 16.9 Å². The van der Waals surface area contributed by atoms with Crippen LogP contribution < -0.4 is 9.70 Å². The fourth-order valence-corrected chi connectivity index (χ4v) is 3.53. The van der Waals surface area contributed by atoms with E-state index in [1.54, 1.807) is 29.3 Å². The Labute approximate surface area is 171 Å². The Morgan fingerprint density at radius 2 is 1.79 bits per heavy atom. The van der Waals surface area contributed by atoms with Crippen LogP contribution in [0, 0.1) is 5.82 Å². The second-order valence-corrected chi connectivity index (χ2v) is 7.35. The monoisotopic (exact) mass is 406 g/mol. The highest BCUT2D eigenvalue weighted by Crippen LogP contribution is 2.21. The lowest BCUT2D eigenvalue weighted by molar-refractivity contribution is 0.575. The van der Waals surface area contributed by atoms with E-state index in [1.807, 2.05) is 60.8 Å². The summed E-state index contributed by atoms with van der Waals surface area (Å²) in [5.74, 6) is 0.403. The minimum atomic E-state index is -0.293. The first-order valence-corrected chi connectivity index (χ1v) is 9.84. The molecule has 2 heterocycles. The molecule has 0 amide bonds. The van der Waals surface area contributed by atoms with Crippen molar-refractivity contribution >= 4 is 28.9 Å². The summed E-state index contributed by atoms with van der Waals surface area (Å²) >= 11 is 1.44. The smallest absolute Gasteiger partial charge is 0.211 e. The lowest BCUT2D eigenvalue weighted by atomic mass is 10.2. The van der Waals surface area contributed by atoms with Crippen molar-refractivity contribution in [1.82, 2.24) is 4.68 Å². The summed E-state index contributed by atoms with van der Waals surface area (Å²) in [6, 6.07) is 17.8. The summed E-state index contributed by atoms with van der Waals surface area (Å²) in [6.07, 6.45) is 3.40. The van der Waals surface area contributed by atoms with Crippen LogP contribution in [-0.2, 0) is 0 Å². The van der Waals surface area contributed by atoms with Crippen LogP contribution in [0.5, 0.6) is 0 Å². The molecule has 4 aromatic rings. The third kappa shape index (κ3) is 4.35. The molecule has 0 aliphatic carbocycles. The molecule has 0 radical (unpaired) electrons. The van der Waals surface area contributed by atoms with Crippen LogP contribution in [0.4, 0.5) is 15.8 Å². The maximum Gasteiger partial charge on any atom is 0.211 e. The van der Waals surface area contributed by atoms with Crippen molar-refractivity contribution in [2.75, 3.05) is 19.0 Å².